The molecule has 4 heteroatoms. The van der Waals surface area contributed by atoms with Gasteiger partial charge in [0.05, 0.1) is 11.6 Å². The van der Waals surface area contributed by atoms with E-state index in [-0.39, 0.29) is 5.91 Å². The van der Waals surface area contributed by atoms with Crippen molar-refractivity contribution in [2.45, 2.75) is 26.7 Å². The van der Waals surface area contributed by atoms with Crippen LogP contribution in [0.1, 0.15) is 31.4 Å². The van der Waals surface area contributed by atoms with E-state index in [4.69, 9.17) is 5.26 Å². The Labute approximate surface area is 121 Å². The summed E-state index contributed by atoms with van der Waals surface area (Å²) in [5, 5.41) is 11.7. The number of rotatable bonds is 8. The van der Waals surface area contributed by atoms with Crippen LogP contribution >= 0.6 is 0 Å². The first-order chi connectivity index (χ1) is 9.69. The molecule has 0 atom stereocenters. The number of likely N-dealkylation sites (N-methyl/N-ethyl adjacent to an activating group) is 1. The molecule has 0 unspecified atom stereocenters. The van der Waals surface area contributed by atoms with Crippen LogP contribution in [0, 0.1) is 11.3 Å². The maximum Gasteiger partial charge on any atom is 0.220 e. The molecule has 1 aromatic rings. The summed E-state index contributed by atoms with van der Waals surface area (Å²) in [4.78, 5) is 14.0. The van der Waals surface area contributed by atoms with Crippen molar-refractivity contribution in [1.29, 1.82) is 5.26 Å². The fraction of sp³-hybridized carbons (Fsp3) is 0.500. The summed E-state index contributed by atoms with van der Waals surface area (Å²) in [6.45, 7) is 7.87. The zero-order valence-electron chi connectivity index (χ0n) is 12.4. The highest BCUT2D eigenvalue weighted by Crippen LogP contribution is 2.05. The van der Waals surface area contributed by atoms with Gasteiger partial charge in [0.1, 0.15) is 0 Å². The van der Waals surface area contributed by atoms with Crippen LogP contribution in [0.25, 0.3) is 0 Å². The third-order valence-corrected chi connectivity index (χ3v) is 3.37. The Hall–Kier alpha value is -1.86. The lowest BCUT2D eigenvalue weighted by Crippen LogP contribution is -2.34. The molecule has 1 N–H and O–H groups in total. The SMILES string of the molecule is CCN(CC)CCNC(=O)CCc1ccc(C#N)cc1. The number of hydrogen-bond acceptors (Lipinski definition) is 3. The number of nitrogens with one attached hydrogen (secondary N) is 1. The van der Waals surface area contributed by atoms with Crippen LogP contribution in [0.2, 0.25) is 0 Å². The summed E-state index contributed by atoms with van der Waals surface area (Å²) in [7, 11) is 0. The van der Waals surface area contributed by atoms with E-state index in [9.17, 15) is 4.79 Å². The maximum absolute atomic E-state index is 11.7. The molecule has 0 saturated carbocycles. The summed E-state index contributed by atoms with van der Waals surface area (Å²) in [5.74, 6) is 0.0847. The fourth-order valence-corrected chi connectivity index (χ4v) is 1.99. The number of carbonyl (C=O) groups excluding carboxylic acids is 1. The van der Waals surface area contributed by atoms with Crippen molar-refractivity contribution in [3.63, 3.8) is 0 Å². The maximum atomic E-state index is 11.7. The van der Waals surface area contributed by atoms with Gasteiger partial charge in [0.15, 0.2) is 0 Å². The molecule has 0 fully saturated rings. The van der Waals surface area contributed by atoms with Crippen LogP contribution in [0.15, 0.2) is 24.3 Å². The van der Waals surface area contributed by atoms with E-state index in [1.807, 2.05) is 12.1 Å². The van der Waals surface area contributed by atoms with Gasteiger partial charge in [0.2, 0.25) is 5.91 Å². The summed E-state index contributed by atoms with van der Waals surface area (Å²) in [5.41, 5.74) is 1.74. The van der Waals surface area contributed by atoms with E-state index < -0.39 is 0 Å². The second-order valence-corrected chi connectivity index (χ2v) is 4.69. The summed E-state index contributed by atoms with van der Waals surface area (Å²) in [6, 6.07) is 9.46. The van der Waals surface area contributed by atoms with Gasteiger partial charge in [-0.1, -0.05) is 26.0 Å². The molecule has 0 heterocycles. The highest BCUT2D eigenvalue weighted by Gasteiger charge is 2.03. The first-order valence-corrected chi connectivity index (χ1v) is 7.17. The zero-order valence-corrected chi connectivity index (χ0v) is 12.4. The number of carbonyl (C=O) groups is 1. The summed E-state index contributed by atoms with van der Waals surface area (Å²) in [6.07, 6.45) is 1.20. The van der Waals surface area contributed by atoms with Crippen molar-refractivity contribution in [3.05, 3.63) is 35.4 Å². The fourth-order valence-electron chi connectivity index (χ4n) is 1.99. The Balaban J connectivity index is 2.24. The van der Waals surface area contributed by atoms with Gasteiger partial charge in [0.25, 0.3) is 0 Å². The molecule has 0 spiro atoms. The molecular formula is C16H23N3O. The molecule has 0 aliphatic carbocycles. The van der Waals surface area contributed by atoms with E-state index in [0.717, 1.165) is 25.2 Å². The number of amides is 1. The summed E-state index contributed by atoms with van der Waals surface area (Å²) < 4.78 is 0. The van der Waals surface area contributed by atoms with Crippen LogP contribution in [-0.4, -0.2) is 37.0 Å². The van der Waals surface area contributed by atoms with Crippen LogP contribution in [-0.2, 0) is 11.2 Å². The van der Waals surface area contributed by atoms with Gasteiger partial charge in [-0.05, 0) is 37.2 Å². The minimum Gasteiger partial charge on any atom is -0.355 e. The second-order valence-electron chi connectivity index (χ2n) is 4.69. The highest BCUT2D eigenvalue weighted by molar-refractivity contribution is 5.76. The van der Waals surface area contributed by atoms with Crippen molar-refractivity contribution in [2.24, 2.45) is 0 Å². The first-order valence-electron chi connectivity index (χ1n) is 7.17. The average Bonchev–Trinajstić information content (AvgIpc) is 2.50. The van der Waals surface area contributed by atoms with E-state index >= 15 is 0 Å². The Morgan fingerprint density at radius 3 is 2.45 bits per heavy atom. The molecule has 0 bridgehead atoms. The van der Waals surface area contributed by atoms with Gasteiger partial charge in [0, 0.05) is 19.5 Å². The van der Waals surface area contributed by atoms with E-state index in [0.29, 0.717) is 24.9 Å². The molecule has 0 aliphatic rings. The Morgan fingerprint density at radius 2 is 1.90 bits per heavy atom. The number of nitriles is 1. The third-order valence-electron chi connectivity index (χ3n) is 3.37. The van der Waals surface area contributed by atoms with Gasteiger partial charge in [-0.25, -0.2) is 0 Å². The number of benzene rings is 1. The first kappa shape index (κ1) is 16.2. The van der Waals surface area contributed by atoms with Gasteiger partial charge >= 0.3 is 0 Å². The number of nitrogens with zero attached hydrogens (tertiary/aromatic N) is 2. The highest BCUT2D eigenvalue weighted by atomic mass is 16.1. The van der Waals surface area contributed by atoms with Crippen LogP contribution in [0.3, 0.4) is 0 Å². The van der Waals surface area contributed by atoms with Gasteiger partial charge < -0.3 is 10.2 Å². The average molecular weight is 273 g/mol. The minimum atomic E-state index is 0.0847. The summed E-state index contributed by atoms with van der Waals surface area (Å²) >= 11 is 0. The molecular weight excluding hydrogens is 250 g/mol. The number of hydrogen-bond donors (Lipinski definition) is 1. The normalized spacial score (nSPS) is 10.3. The number of aryl methyl sites for hydroxylation is 1. The van der Waals surface area contributed by atoms with Crippen LogP contribution in [0.5, 0.6) is 0 Å². The Bertz CT molecular complexity index is 444. The van der Waals surface area contributed by atoms with Crippen molar-refractivity contribution in [2.75, 3.05) is 26.2 Å². The van der Waals surface area contributed by atoms with E-state index in [2.05, 4.69) is 30.1 Å². The van der Waals surface area contributed by atoms with Crippen LogP contribution < -0.4 is 5.32 Å². The zero-order chi connectivity index (χ0) is 14.8. The molecule has 1 aromatic carbocycles. The van der Waals surface area contributed by atoms with Crippen molar-refractivity contribution in [3.8, 4) is 6.07 Å². The largest absolute Gasteiger partial charge is 0.355 e. The lowest BCUT2D eigenvalue weighted by Gasteiger charge is -2.17. The van der Waals surface area contributed by atoms with Crippen molar-refractivity contribution >= 4 is 5.91 Å². The van der Waals surface area contributed by atoms with Crippen molar-refractivity contribution < 1.29 is 4.79 Å². The molecule has 0 aliphatic heterocycles. The second kappa shape index (κ2) is 9.11. The van der Waals surface area contributed by atoms with E-state index in [1.165, 1.54) is 0 Å². The standard InChI is InChI=1S/C16H23N3O/c1-3-19(4-2)12-11-18-16(20)10-9-14-5-7-15(13-17)8-6-14/h5-8H,3-4,9-12H2,1-2H3,(H,18,20). The smallest absolute Gasteiger partial charge is 0.220 e. The molecule has 0 radical (unpaired) electrons. The molecule has 1 rings (SSSR count). The monoisotopic (exact) mass is 273 g/mol. The van der Waals surface area contributed by atoms with Crippen molar-refractivity contribution in [1.82, 2.24) is 10.2 Å². The lowest BCUT2D eigenvalue weighted by molar-refractivity contribution is -0.121. The third kappa shape index (κ3) is 5.85. The van der Waals surface area contributed by atoms with E-state index in [1.54, 1.807) is 12.1 Å². The molecule has 0 saturated heterocycles. The Morgan fingerprint density at radius 1 is 1.25 bits per heavy atom. The predicted octanol–water partition coefficient (Wildman–Crippen LogP) is 1.95. The van der Waals surface area contributed by atoms with Gasteiger partial charge in [-0.3, -0.25) is 4.79 Å². The lowest BCUT2D eigenvalue weighted by atomic mass is 10.1. The molecule has 4 nitrogen and oxygen atoms in total. The predicted molar refractivity (Wildman–Crippen MR) is 80.3 cm³/mol. The molecule has 20 heavy (non-hydrogen) atoms. The molecule has 1 amide bonds. The molecule has 0 aromatic heterocycles. The van der Waals surface area contributed by atoms with Crippen LogP contribution in [0.4, 0.5) is 0 Å². The minimum absolute atomic E-state index is 0.0847. The van der Waals surface area contributed by atoms with Gasteiger partial charge in [-0.15, -0.1) is 0 Å². The van der Waals surface area contributed by atoms with Gasteiger partial charge in [-0.2, -0.15) is 5.26 Å². The topological polar surface area (TPSA) is 56.1 Å². The Kier molecular flexibility index (Phi) is 7.38. The molecule has 108 valence electrons. The quantitative estimate of drug-likeness (QED) is 0.787.